The van der Waals surface area contributed by atoms with Crippen LogP contribution in [0, 0.1) is 0 Å². The number of rotatable bonds is 7. The molecule has 0 radical (unpaired) electrons. The molecular formula is C8H20N4O4S2. The van der Waals surface area contributed by atoms with Crippen LogP contribution >= 0.6 is 0 Å². The molecule has 0 atom stereocenters. The normalized spacial score (nSPS) is 18.9. The minimum Gasteiger partial charge on any atom is -0.314 e. The smallest absolute Gasteiger partial charge is 0.279 e. The summed E-state index contributed by atoms with van der Waals surface area (Å²) < 4.78 is 52.2. The molecule has 0 spiro atoms. The van der Waals surface area contributed by atoms with Gasteiger partial charge in [-0.05, 0) is 0 Å². The number of nitrogens with zero attached hydrogens (tertiary/aromatic N) is 1. The van der Waals surface area contributed by atoms with E-state index in [9.17, 15) is 16.8 Å². The fourth-order valence-electron chi connectivity index (χ4n) is 1.57. The van der Waals surface area contributed by atoms with Crippen LogP contribution in [0.15, 0.2) is 0 Å². The highest BCUT2D eigenvalue weighted by Crippen LogP contribution is 1.99. The zero-order valence-corrected chi connectivity index (χ0v) is 12.0. The van der Waals surface area contributed by atoms with Crippen molar-refractivity contribution in [1.82, 2.24) is 19.1 Å². The molecular weight excluding hydrogens is 280 g/mol. The van der Waals surface area contributed by atoms with Gasteiger partial charge in [-0.1, -0.05) is 6.92 Å². The minimum atomic E-state index is -3.57. The summed E-state index contributed by atoms with van der Waals surface area (Å²) >= 11 is 0. The Morgan fingerprint density at radius 1 is 1.11 bits per heavy atom. The Morgan fingerprint density at radius 2 is 1.72 bits per heavy atom. The third-order valence-corrected chi connectivity index (χ3v) is 5.52. The van der Waals surface area contributed by atoms with Crippen LogP contribution < -0.4 is 14.8 Å². The highest BCUT2D eigenvalue weighted by molar-refractivity contribution is 7.89. The Morgan fingerprint density at radius 3 is 2.28 bits per heavy atom. The van der Waals surface area contributed by atoms with Crippen molar-refractivity contribution >= 4 is 20.2 Å². The molecule has 0 aliphatic carbocycles. The predicted octanol–water partition coefficient (Wildman–Crippen LogP) is -2.33. The van der Waals surface area contributed by atoms with Gasteiger partial charge in [0.15, 0.2) is 0 Å². The maximum absolute atomic E-state index is 11.8. The van der Waals surface area contributed by atoms with Gasteiger partial charge in [-0.25, -0.2) is 17.9 Å². The highest BCUT2D eigenvalue weighted by Gasteiger charge is 2.23. The third-order valence-electron chi connectivity index (χ3n) is 2.44. The fraction of sp³-hybridized carbons (Fsp3) is 1.00. The van der Waals surface area contributed by atoms with E-state index in [2.05, 4.69) is 14.8 Å². The molecule has 10 heteroatoms. The van der Waals surface area contributed by atoms with E-state index < -0.39 is 20.2 Å². The van der Waals surface area contributed by atoms with Gasteiger partial charge < -0.3 is 5.32 Å². The molecule has 1 aliphatic rings. The van der Waals surface area contributed by atoms with Crippen LogP contribution in [0.3, 0.4) is 0 Å². The second-order valence-corrected chi connectivity index (χ2v) is 7.55. The minimum absolute atomic E-state index is 0.123. The molecule has 1 fully saturated rings. The second-order valence-electron chi connectivity index (χ2n) is 3.87. The third kappa shape index (κ3) is 5.16. The number of sulfonamides is 1. The van der Waals surface area contributed by atoms with Crippen LogP contribution in [-0.2, 0) is 20.2 Å². The summed E-state index contributed by atoms with van der Waals surface area (Å²) in [5.41, 5.74) is 0. The van der Waals surface area contributed by atoms with Gasteiger partial charge in [-0.3, -0.25) is 0 Å². The van der Waals surface area contributed by atoms with Gasteiger partial charge in [0, 0.05) is 39.3 Å². The van der Waals surface area contributed by atoms with Crippen molar-refractivity contribution in [3.8, 4) is 0 Å². The van der Waals surface area contributed by atoms with E-state index in [0.29, 0.717) is 32.7 Å². The van der Waals surface area contributed by atoms with E-state index in [1.165, 1.54) is 4.31 Å². The van der Waals surface area contributed by atoms with Crippen LogP contribution in [0.5, 0.6) is 0 Å². The van der Waals surface area contributed by atoms with E-state index >= 15 is 0 Å². The van der Waals surface area contributed by atoms with Crippen molar-refractivity contribution in [3.05, 3.63) is 0 Å². The quantitative estimate of drug-likeness (QED) is 0.488. The first-order valence-electron chi connectivity index (χ1n) is 5.80. The van der Waals surface area contributed by atoms with Crippen LogP contribution in [-0.4, -0.2) is 66.2 Å². The number of hydrogen-bond donors (Lipinski definition) is 3. The monoisotopic (exact) mass is 300 g/mol. The summed E-state index contributed by atoms with van der Waals surface area (Å²) in [6.45, 7) is 3.86. The molecule has 0 aromatic carbocycles. The SMILES string of the molecule is CCNS(=O)(=O)CCNS(=O)(=O)N1CCNCC1. The Kier molecular flexibility index (Phi) is 5.95. The molecule has 0 aromatic heterocycles. The van der Waals surface area contributed by atoms with Crippen LogP contribution in [0.4, 0.5) is 0 Å². The van der Waals surface area contributed by atoms with Gasteiger partial charge in [-0.15, -0.1) is 0 Å². The lowest BCUT2D eigenvalue weighted by Gasteiger charge is -2.26. The largest absolute Gasteiger partial charge is 0.314 e. The standard InChI is InChI=1S/C8H20N4O4S2/c1-2-10-17(13,14)8-5-11-18(15,16)12-6-3-9-4-7-12/h9-11H,2-8H2,1H3. The first-order valence-corrected chi connectivity index (χ1v) is 8.89. The Hall–Kier alpha value is -0.260. The molecule has 18 heavy (non-hydrogen) atoms. The fourth-order valence-corrected chi connectivity index (χ4v) is 3.86. The Balaban J connectivity index is 2.42. The zero-order valence-electron chi connectivity index (χ0n) is 10.3. The molecule has 1 aliphatic heterocycles. The van der Waals surface area contributed by atoms with Gasteiger partial charge in [0.05, 0.1) is 5.75 Å². The molecule has 8 nitrogen and oxygen atoms in total. The van der Waals surface area contributed by atoms with Crippen molar-refractivity contribution < 1.29 is 16.8 Å². The summed E-state index contributed by atoms with van der Waals surface area (Å²) in [6.07, 6.45) is 0. The first-order chi connectivity index (χ1) is 8.37. The molecule has 1 saturated heterocycles. The van der Waals surface area contributed by atoms with Crippen LogP contribution in [0.1, 0.15) is 6.92 Å². The Labute approximate surface area is 108 Å². The van der Waals surface area contributed by atoms with Crippen molar-refractivity contribution in [2.75, 3.05) is 45.0 Å². The maximum atomic E-state index is 11.8. The molecule has 3 N–H and O–H groups in total. The molecule has 108 valence electrons. The summed E-state index contributed by atoms with van der Waals surface area (Å²) in [5, 5.41) is 3.04. The summed E-state index contributed by atoms with van der Waals surface area (Å²) in [6, 6.07) is 0. The molecule has 0 bridgehead atoms. The summed E-state index contributed by atoms with van der Waals surface area (Å²) in [5.74, 6) is -0.258. The van der Waals surface area contributed by atoms with E-state index in [0.717, 1.165) is 0 Å². The molecule has 0 amide bonds. The van der Waals surface area contributed by atoms with Crippen molar-refractivity contribution in [1.29, 1.82) is 0 Å². The zero-order chi connectivity index (χ0) is 13.6. The summed E-state index contributed by atoms with van der Waals surface area (Å²) in [7, 11) is -6.96. The van der Waals surface area contributed by atoms with E-state index in [-0.39, 0.29) is 12.3 Å². The molecule has 0 unspecified atom stereocenters. The van der Waals surface area contributed by atoms with E-state index in [4.69, 9.17) is 0 Å². The van der Waals surface area contributed by atoms with E-state index in [1.54, 1.807) is 6.92 Å². The van der Waals surface area contributed by atoms with Crippen LogP contribution in [0.25, 0.3) is 0 Å². The van der Waals surface area contributed by atoms with Gasteiger partial charge in [0.25, 0.3) is 10.2 Å². The number of hydrogen-bond acceptors (Lipinski definition) is 5. The lowest BCUT2D eigenvalue weighted by Crippen LogP contribution is -2.51. The van der Waals surface area contributed by atoms with E-state index in [1.807, 2.05) is 0 Å². The van der Waals surface area contributed by atoms with Crippen molar-refractivity contribution in [2.45, 2.75) is 6.92 Å². The average Bonchev–Trinajstić information content (AvgIpc) is 2.29. The number of piperazine rings is 1. The molecule has 0 aromatic rings. The predicted molar refractivity (Wildman–Crippen MR) is 68.8 cm³/mol. The van der Waals surface area contributed by atoms with Crippen LogP contribution in [0.2, 0.25) is 0 Å². The van der Waals surface area contributed by atoms with Gasteiger partial charge >= 0.3 is 0 Å². The van der Waals surface area contributed by atoms with Gasteiger partial charge in [0.2, 0.25) is 10.0 Å². The molecule has 1 heterocycles. The summed E-state index contributed by atoms with van der Waals surface area (Å²) in [4.78, 5) is 0. The van der Waals surface area contributed by atoms with Crippen molar-refractivity contribution in [3.63, 3.8) is 0 Å². The second kappa shape index (κ2) is 6.78. The van der Waals surface area contributed by atoms with Gasteiger partial charge in [-0.2, -0.15) is 12.7 Å². The maximum Gasteiger partial charge on any atom is 0.279 e. The topological polar surface area (TPSA) is 108 Å². The average molecular weight is 300 g/mol. The lowest BCUT2D eigenvalue weighted by atomic mass is 10.4. The highest BCUT2D eigenvalue weighted by atomic mass is 32.2. The molecule has 1 rings (SSSR count). The molecule has 0 saturated carbocycles. The van der Waals surface area contributed by atoms with Crippen molar-refractivity contribution in [2.24, 2.45) is 0 Å². The Bertz CT molecular complexity index is 442. The van der Waals surface area contributed by atoms with Gasteiger partial charge in [0.1, 0.15) is 0 Å². The number of nitrogens with one attached hydrogen (secondary N) is 3. The lowest BCUT2D eigenvalue weighted by molar-refractivity contribution is 0.355. The first kappa shape index (κ1) is 15.8.